The van der Waals surface area contributed by atoms with Crippen LogP contribution in [0.15, 0.2) is 0 Å². The van der Waals surface area contributed by atoms with Crippen LogP contribution < -0.4 is 4.72 Å². The van der Waals surface area contributed by atoms with Crippen molar-refractivity contribution < 1.29 is 18.3 Å². The van der Waals surface area contributed by atoms with Crippen LogP contribution in [-0.2, 0) is 14.8 Å². The van der Waals surface area contributed by atoms with Crippen molar-refractivity contribution in [2.75, 3.05) is 26.1 Å². The molecule has 1 saturated carbocycles. The van der Waals surface area contributed by atoms with Gasteiger partial charge in [0, 0.05) is 19.8 Å². The van der Waals surface area contributed by atoms with Gasteiger partial charge in [0.25, 0.3) is 0 Å². The van der Waals surface area contributed by atoms with Gasteiger partial charge < -0.3 is 9.84 Å². The molecule has 1 atom stereocenters. The van der Waals surface area contributed by atoms with Crippen LogP contribution in [0.5, 0.6) is 0 Å². The maximum absolute atomic E-state index is 12.0. The first-order valence-electron chi connectivity index (χ1n) is 6.67. The number of ether oxygens (including phenoxy) is 1. The minimum atomic E-state index is -3.27. The number of methoxy groups -OCH3 is 1. The Morgan fingerprint density at radius 1 is 1.33 bits per heavy atom. The zero-order chi connectivity index (χ0) is 13.4. The quantitative estimate of drug-likeness (QED) is 0.692. The molecule has 0 aromatic carbocycles. The molecule has 1 unspecified atom stereocenters. The molecule has 2 N–H and O–H groups in total. The molecular formula is C12H25NO4S. The molecule has 0 aliphatic heterocycles. The van der Waals surface area contributed by atoms with Gasteiger partial charge in [-0.3, -0.25) is 0 Å². The Labute approximate surface area is 110 Å². The summed E-state index contributed by atoms with van der Waals surface area (Å²) >= 11 is 0. The molecule has 0 radical (unpaired) electrons. The molecule has 18 heavy (non-hydrogen) atoms. The number of sulfonamides is 1. The molecule has 0 aromatic rings. The first kappa shape index (κ1) is 15.9. The van der Waals surface area contributed by atoms with Gasteiger partial charge in [-0.25, -0.2) is 13.1 Å². The Bertz CT molecular complexity index is 306. The van der Waals surface area contributed by atoms with Crippen molar-refractivity contribution in [2.24, 2.45) is 5.92 Å². The van der Waals surface area contributed by atoms with Gasteiger partial charge in [-0.2, -0.15) is 0 Å². The van der Waals surface area contributed by atoms with Crippen LogP contribution in [0.2, 0.25) is 0 Å². The fraction of sp³-hybridized carbons (Fsp3) is 1.00. The zero-order valence-electron chi connectivity index (χ0n) is 11.1. The third-order valence-corrected chi connectivity index (χ3v) is 4.97. The van der Waals surface area contributed by atoms with E-state index in [9.17, 15) is 8.42 Å². The van der Waals surface area contributed by atoms with Crippen molar-refractivity contribution in [1.29, 1.82) is 0 Å². The fourth-order valence-electron chi connectivity index (χ4n) is 2.50. The molecular weight excluding hydrogens is 254 g/mol. The highest BCUT2D eigenvalue weighted by Crippen LogP contribution is 2.24. The van der Waals surface area contributed by atoms with E-state index in [1.807, 2.05) is 0 Å². The summed E-state index contributed by atoms with van der Waals surface area (Å²) in [4.78, 5) is 0. The molecule has 1 aliphatic rings. The van der Waals surface area contributed by atoms with Crippen LogP contribution in [0.3, 0.4) is 0 Å². The Balaban J connectivity index is 2.45. The standard InChI is InChI=1S/C12H25NO4S/c1-17-9-12(7-8-14)13-18(15,16)10-11-5-3-2-4-6-11/h11-14H,2-10H2,1H3. The normalized spacial score (nSPS) is 19.9. The van der Waals surface area contributed by atoms with Gasteiger partial charge in [-0.1, -0.05) is 19.3 Å². The van der Waals surface area contributed by atoms with Crippen molar-refractivity contribution in [3.63, 3.8) is 0 Å². The zero-order valence-corrected chi connectivity index (χ0v) is 11.9. The summed E-state index contributed by atoms with van der Waals surface area (Å²) in [6.45, 7) is 0.254. The highest BCUT2D eigenvalue weighted by molar-refractivity contribution is 7.89. The monoisotopic (exact) mass is 279 g/mol. The van der Waals surface area contributed by atoms with Gasteiger partial charge in [-0.05, 0) is 25.2 Å². The summed E-state index contributed by atoms with van der Waals surface area (Å²) in [6.07, 6.45) is 5.90. The second kappa shape index (κ2) is 8.09. The van der Waals surface area contributed by atoms with Crippen molar-refractivity contribution in [1.82, 2.24) is 4.72 Å². The van der Waals surface area contributed by atoms with Gasteiger partial charge >= 0.3 is 0 Å². The number of aliphatic hydroxyl groups excluding tert-OH is 1. The van der Waals surface area contributed by atoms with Gasteiger partial charge in [-0.15, -0.1) is 0 Å². The number of hydrogen-bond acceptors (Lipinski definition) is 4. The van der Waals surface area contributed by atoms with Gasteiger partial charge in [0.1, 0.15) is 0 Å². The van der Waals surface area contributed by atoms with E-state index in [-0.39, 0.29) is 24.3 Å². The second-order valence-corrected chi connectivity index (χ2v) is 6.87. The molecule has 0 bridgehead atoms. The Kier molecular flexibility index (Phi) is 7.14. The van der Waals surface area contributed by atoms with E-state index in [0.29, 0.717) is 13.0 Å². The van der Waals surface area contributed by atoms with E-state index in [1.165, 1.54) is 13.5 Å². The minimum Gasteiger partial charge on any atom is -0.396 e. The topological polar surface area (TPSA) is 75.6 Å². The van der Waals surface area contributed by atoms with E-state index < -0.39 is 10.0 Å². The van der Waals surface area contributed by atoms with Crippen molar-refractivity contribution in [3.8, 4) is 0 Å². The average molecular weight is 279 g/mol. The Morgan fingerprint density at radius 3 is 2.56 bits per heavy atom. The first-order chi connectivity index (χ1) is 8.57. The number of aliphatic hydroxyl groups is 1. The Morgan fingerprint density at radius 2 is 2.00 bits per heavy atom. The lowest BCUT2D eigenvalue weighted by atomic mass is 9.91. The van der Waals surface area contributed by atoms with E-state index in [0.717, 1.165) is 25.7 Å². The van der Waals surface area contributed by atoms with E-state index in [4.69, 9.17) is 9.84 Å². The predicted molar refractivity (Wildman–Crippen MR) is 70.9 cm³/mol. The summed E-state index contributed by atoms with van der Waals surface area (Å²) in [7, 11) is -1.74. The molecule has 108 valence electrons. The lowest BCUT2D eigenvalue weighted by Gasteiger charge is -2.23. The Hall–Kier alpha value is -0.170. The summed E-state index contributed by atoms with van der Waals surface area (Å²) < 4.78 is 31.6. The van der Waals surface area contributed by atoms with Crippen molar-refractivity contribution in [3.05, 3.63) is 0 Å². The van der Waals surface area contributed by atoms with Crippen LogP contribution in [-0.4, -0.2) is 45.6 Å². The summed E-state index contributed by atoms with van der Waals surface area (Å²) in [5.74, 6) is 0.493. The van der Waals surface area contributed by atoms with Crippen molar-refractivity contribution in [2.45, 2.75) is 44.6 Å². The molecule has 0 saturated heterocycles. The number of rotatable bonds is 8. The minimum absolute atomic E-state index is 0.0417. The van der Waals surface area contributed by atoms with Crippen LogP contribution in [0.4, 0.5) is 0 Å². The molecule has 0 heterocycles. The molecule has 5 nitrogen and oxygen atoms in total. The molecule has 1 fully saturated rings. The van der Waals surface area contributed by atoms with E-state index in [1.54, 1.807) is 0 Å². The highest BCUT2D eigenvalue weighted by atomic mass is 32.2. The largest absolute Gasteiger partial charge is 0.396 e. The first-order valence-corrected chi connectivity index (χ1v) is 8.32. The SMILES string of the molecule is COCC(CCO)NS(=O)(=O)CC1CCCCC1. The van der Waals surface area contributed by atoms with Crippen LogP contribution in [0, 0.1) is 5.92 Å². The van der Waals surface area contributed by atoms with Crippen molar-refractivity contribution >= 4 is 10.0 Å². The summed E-state index contributed by atoms with van der Waals surface area (Å²) in [5.41, 5.74) is 0. The molecule has 0 amide bonds. The third-order valence-electron chi connectivity index (χ3n) is 3.37. The molecule has 6 heteroatoms. The van der Waals surface area contributed by atoms with Crippen LogP contribution in [0.1, 0.15) is 38.5 Å². The second-order valence-electron chi connectivity index (χ2n) is 5.07. The van der Waals surface area contributed by atoms with Gasteiger partial charge in [0.15, 0.2) is 0 Å². The molecule has 1 rings (SSSR count). The highest BCUT2D eigenvalue weighted by Gasteiger charge is 2.23. The van der Waals surface area contributed by atoms with Crippen LogP contribution in [0.25, 0.3) is 0 Å². The molecule has 0 aromatic heterocycles. The lowest BCUT2D eigenvalue weighted by Crippen LogP contribution is -2.41. The molecule has 1 aliphatic carbocycles. The number of hydrogen-bond donors (Lipinski definition) is 2. The molecule has 0 spiro atoms. The predicted octanol–water partition coefficient (Wildman–Crippen LogP) is 0.883. The van der Waals surface area contributed by atoms with E-state index in [2.05, 4.69) is 4.72 Å². The summed E-state index contributed by atoms with van der Waals surface area (Å²) in [5, 5.41) is 8.89. The van der Waals surface area contributed by atoms with Crippen LogP contribution >= 0.6 is 0 Å². The third kappa shape index (κ3) is 6.13. The maximum atomic E-state index is 12.0. The maximum Gasteiger partial charge on any atom is 0.212 e. The lowest BCUT2D eigenvalue weighted by molar-refractivity contribution is 0.158. The average Bonchev–Trinajstić information content (AvgIpc) is 2.29. The van der Waals surface area contributed by atoms with E-state index >= 15 is 0 Å². The van der Waals surface area contributed by atoms with Gasteiger partial charge in [0.05, 0.1) is 12.4 Å². The summed E-state index contributed by atoms with van der Waals surface area (Å²) in [6, 6.07) is -0.325. The smallest absolute Gasteiger partial charge is 0.212 e. The van der Waals surface area contributed by atoms with Gasteiger partial charge in [0.2, 0.25) is 10.0 Å². The fourth-order valence-corrected chi connectivity index (χ4v) is 4.24. The number of nitrogens with one attached hydrogen (secondary N) is 1.